The molecule has 4 nitrogen and oxygen atoms in total. The summed E-state index contributed by atoms with van der Waals surface area (Å²) in [6, 6.07) is 4.06. The van der Waals surface area contributed by atoms with Crippen LogP contribution in [0.25, 0.3) is 0 Å². The first-order chi connectivity index (χ1) is 8.65. The average molecular weight is 309 g/mol. The van der Waals surface area contributed by atoms with Crippen LogP contribution in [0, 0.1) is 5.82 Å². The van der Waals surface area contributed by atoms with Crippen LogP contribution in [0.2, 0.25) is 5.02 Å². The summed E-state index contributed by atoms with van der Waals surface area (Å²) in [5, 5.41) is 5.63. The van der Waals surface area contributed by atoms with E-state index in [2.05, 4.69) is 10.6 Å². The Balaban J connectivity index is 0.00000180. The van der Waals surface area contributed by atoms with E-state index < -0.39 is 11.9 Å². The van der Waals surface area contributed by atoms with Gasteiger partial charge in [-0.1, -0.05) is 11.6 Å². The van der Waals surface area contributed by atoms with E-state index in [9.17, 15) is 9.18 Å². The summed E-state index contributed by atoms with van der Waals surface area (Å²) in [4.78, 5) is 11.6. The fourth-order valence-electron chi connectivity index (χ4n) is 1.79. The zero-order valence-corrected chi connectivity index (χ0v) is 11.7. The van der Waals surface area contributed by atoms with Gasteiger partial charge in [0, 0.05) is 12.2 Å². The van der Waals surface area contributed by atoms with Crippen LogP contribution in [-0.4, -0.2) is 25.3 Å². The lowest BCUT2D eigenvalue weighted by Gasteiger charge is -2.22. The maximum Gasteiger partial charge on any atom is 0.411 e. The predicted molar refractivity (Wildman–Crippen MR) is 74.7 cm³/mol. The van der Waals surface area contributed by atoms with Crippen molar-refractivity contribution >= 4 is 35.8 Å². The van der Waals surface area contributed by atoms with E-state index >= 15 is 0 Å². The lowest BCUT2D eigenvalue weighted by molar-refractivity contribution is 0.0941. The fraction of sp³-hybridized carbons (Fsp3) is 0.417. The Hall–Kier alpha value is -1.04. The molecular weight excluding hydrogens is 294 g/mol. The molecule has 0 spiro atoms. The summed E-state index contributed by atoms with van der Waals surface area (Å²) in [7, 11) is 0. The zero-order chi connectivity index (χ0) is 13.0. The largest absolute Gasteiger partial charge is 0.445 e. The summed E-state index contributed by atoms with van der Waals surface area (Å²) < 4.78 is 18.4. The standard InChI is InChI=1S/C12H14ClFN2O2.ClH/c13-10-4-3-8(6-11(10)14)16-12(17)18-9-2-1-5-15-7-9;/h3-4,6,9,15H,1-2,5,7H2,(H,16,17);1H. The Bertz CT molecular complexity index is 440. The van der Waals surface area contributed by atoms with Crippen LogP contribution in [0.1, 0.15) is 12.8 Å². The van der Waals surface area contributed by atoms with Crippen molar-refractivity contribution in [1.82, 2.24) is 5.32 Å². The maximum absolute atomic E-state index is 13.2. The summed E-state index contributed by atoms with van der Waals surface area (Å²) >= 11 is 5.55. The second kappa shape index (κ2) is 7.53. The molecule has 1 aliphatic rings. The Morgan fingerprint density at radius 2 is 2.32 bits per heavy atom. The van der Waals surface area contributed by atoms with Gasteiger partial charge in [-0.3, -0.25) is 5.32 Å². The molecule has 7 heteroatoms. The quantitative estimate of drug-likeness (QED) is 0.882. The number of anilines is 1. The maximum atomic E-state index is 13.2. The van der Waals surface area contributed by atoms with E-state index in [-0.39, 0.29) is 23.5 Å². The zero-order valence-electron chi connectivity index (χ0n) is 10.1. The Kier molecular flexibility index (Phi) is 6.34. The van der Waals surface area contributed by atoms with Gasteiger partial charge in [0.15, 0.2) is 0 Å². The Labute approximate surface area is 122 Å². The van der Waals surface area contributed by atoms with Crippen LogP contribution in [0.3, 0.4) is 0 Å². The van der Waals surface area contributed by atoms with Gasteiger partial charge in [0.1, 0.15) is 11.9 Å². The molecule has 106 valence electrons. The molecule has 1 aliphatic heterocycles. The number of halogens is 3. The molecule has 1 heterocycles. The number of hydrogen-bond donors (Lipinski definition) is 2. The van der Waals surface area contributed by atoms with Crippen LogP contribution < -0.4 is 10.6 Å². The number of piperidine rings is 1. The minimum absolute atomic E-state index is 0. The highest BCUT2D eigenvalue weighted by atomic mass is 35.5. The molecular formula is C12H15Cl2FN2O2. The average Bonchev–Trinajstić information content (AvgIpc) is 2.35. The molecule has 1 unspecified atom stereocenters. The van der Waals surface area contributed by atoms with E-state index in [1.165, 1.54) is 12.1 Å². The van der Waals surface area contributed by atoms with Crippen molar-refractivity contribution < 1.29 is 13.9 Å². The third-order valence-corrected chi connectivity index (χ3v) is 3.00. The second-order valence-electron chi connectivity index (χ2n) is 4.13. The molecule has 1 aromatic rings. The minimum Gasteiger partial charge on any atom is -0.445 e. The fourth-order valence-corrected chi connectivity index (χ4v) is 1.91. The molecule has 1 saturated heterocycles. The van der Waals surface area contributed by atoms with Crippen LogP contribution >= 0.6 is 24.0 Å². The van der Waals surface area contributed by atoms with Gasteiger partial charge >= 0.3 is 6.09 Å². The molecule has 1 aromatic carbocycles. The molecule has 0 bridgehead atoms. The topological polar surface area (TPSA) is 50.4 Å². The number of benzene rings is 1. The highest BCUT2D eigenvalue weighted by Gasteiger charge is 2.17. The summed E-state index contributed by atoms with van der Waals surface area (Å²) in [5.41, 5.74) is 0.325. The highest BCUT2D eigenvalue weighted by Crippen LogP contribution is 2.19. The van der Waals surface area contributed by atoms with Crippen molar-refractivity contribution in [3.63, 3.8) is 0 Å². The predicted octanol–water partition coefficient (Wildman–Crippen LogP) is 3.20. The molecule has 2 rings (SSSR count). The monoisotopic (exact) mass is 308 g/mol. The Morgan fingerprint density at radius 1 is 1.53 bits per heavy atom. The summed E-state index contributed by atoms with van der Waals surface area (Å²) in [6.07, 6.45) is 1.12. The third kappa shape index (κ3) is 4.86. The highest BCUT2D eigenvalue weighted by molar-refractivity contribution is 6.30. The first-order valence-corrected chi connectivity index (χ1v) is 6.16. The molecule has 2 N–H and O–H groups in total. The van der Waals surface area contributed by atoms with Crippen LogP contribution in [-0.2, 0) is 4.74 Å². The molecule has 1 fully saturated rings. The molecule has 0 aromatic heterocycles. The number of ether oxygens (including phenoxy) is 1. The molecule has 19 heavy (non-hydrogen) atoms. The van der Waals surface area contributed by atoms with E-state index in [4.69, 9.17) is 16.3 Å². The van der Waals surface area contributed by atoms with Gasteiger partial charge in [0.05, 0.1) is 5.02 Å². The van der Waals surface area contributed by atoms with Gasteiger partial charge in [-0.25, -0.2) is 9.18 Å². The summed E-state index contributed by atoms with van der Waals surface area (Å²) in [5.74, 6) is -0.575. The van der Waals surface area contributed by atoms with Gasteiger partial charge in [-0.2, -0.15) is 0 Å². The number of carbonyl (C=O) groups is 1. The number of carbonyl (C=O) groups excluding carboxylic acids is 1. The molecule has 0 radical (unpaired) electrons. The first-order valence-electron chi connectivity index (χ1n) is 5.78. The van der Waals surface area contributed by atoms with Crippen LogP contribution in [0.4, 0.5) is 14.9 Å². The lowest BCUT2D eigenvalue weighted by Crippen LogP contribution is -2.37. The number of amides is 1. The second-order valence-corrected chi connectivity index (χ2v) is 4.53. The van der Waals surface area contributed by atoms with Crippen molar-refractivity contribution in [1.29, 1.82) is 0 Å². The van der Waals surface area contributed by atoms with Gasteiger partial charge in [0.25, 0.3) is 0 Å². The molecule has 1 amide bonds. The molecule has 0 saturated carbocycles. The van der Waals surface area contributed by atoms with Gasteiger partial charge < -0.3 is 10.1 Å². The van der Waals surface area contributed by atoms with E-state index in [0.29, 0.717) is 12.2 Å². The number of rotatable bonds is 2. The smallest absolute Gasteiger partial charge is 0.411 e. The van der Waals surface area contributed by atoms with Crippen molar-refractivity contribution in [2.45, 2.75) is 18.9 Å². The van der Waals surface area contributed by atoms with Gasteiger partial charge in [0.2, 0.25) is 0 Å². The van der Waals surface area contributed by atoms with Crippen molar-refractivity contribution in [2.24, 2.45) is 0 Å². The van der Waals surface area contributed by atoms with E-state index in [0.717, 1.165) is 25.5 Å². The van der Waals surface area contributed by atoms with Crippen molar-refractivity contribution in [2.75, 3.05) is 18.4 Å². The normalized spacial score (nSPS) is 18.3. The van der Waals surface area contributed by atoms with Crippen molar-refractivity contribution in [3.05, 3.63) is 29.0 Å². The van der Waals surface area contributed by atoms with Crippen LogP contribution in [0.15, 0.2) is 18.2 Å². The van der Waals surface area contributed by atoms with Gasteiger partial charge in [-0.05, 0) is 37.6 Å². The van der Waals surface area contributed by atoms with E-state index in [1.54, 1.807) is 0 Å². The third-order valence-electron chi connectivity index (χ3n) is 2.69. The first kappa shape index (κ1) is 16.0. The van der Waals surface area contributed by atoms with Crippen molar-refractivity contribution in [3.8, 4) is 0 Å². The van der Waals surface area contributed by atoms with E-state index in [1.807, 2.05) is 0 Å². The number of nitrogens with one attached hydrogen (secondary N) is 2. The van der Waals surface area contributed by atoms with Crippen LogP contribution in [0.5, 0.6) is 0 Å². The minimum atomic E-state index is -0.578. The molecule has 1 atom stereocenters. The summed E-state index contributed by atoms with van der Waals surface area (Å²) in [6.45, 7) is 1.60. The SMILES string of the molecule is Cl.O=C(Nc1ccc(Cl)c(F)c1)OC1CCCNC1. The molecule has 0 aliphatic carbocycles. The Morgan fingerprint density at radius 3 is 2.95 bits per heavy atom. The lowest BCUT2D eigenvalue weighted by atomic mass is 10.1. The van der Waals surface area contributed by atoms with Gasteiger partial charge in [-0.15, -0.1) is 12.4 Å². The number of hydrogen-bond acceptors (Lipinski definition) is 3.